The molecule has 0 unspecified atom stereocenters. The molecule has 0 aliphatic carbocycles. The molecule has 1 amide bonds. The SMILES string of the molecule is Cc1cccc(-c2noc(CCCC(=O)Nc3ccc(F)cc3)n2)c1. The number of rotatable bonds is 6. The first-order chi connectivity index (χ1) is 12.1. The first-order valence-electron chi connectivity index (χ1n) is 8.05. The van der Waals surface area contributed by atoms with Crippen LogP contribution in [0.2, 0.25) is 0 Å². The molecule has 3 aromatic rings. The predicted molar refractivity (Wildman–Crippen MR) is 92.4 cm³/mol. The van der Waals surface area contributed by atoms with Crippen molar-refractivity contribution in [2.75, 3.05) is 5.32 Å². The van der Waals surface area contributed by atoms with E-state index in [9.17, 15) is 9.18 Å². The molecule has 6 heteroatoms. The van der Waals surface area contributed by atoms with Crippen LogP contribution in [0.15, 0.2) is 53.1 Å². The number of aryl methyl sites for hydroxylation is 2. The smallest absolute Gasteiger partial charge is 0.226 e. The molecule has 25 heavy (non-hydrogen) atoms. The third-order valence-electron chi connectivity index (χ3n) is 3.67. The van der Waals surface area contributed by atoms with Crippen molar-refractivity contribution in [1.29, 1.82) is 0 Å². The van der Waals surface area contributed by atoms with Gasteiger partial charge in [0.2, 0.25) is 17.6 Å². The fourth-order valence-electron chi connectivity index (χ4n) is 2.41. The van der Waals surface area contributed by atoms with Crippen LogP contribution in [0, 0.1) is 12.7 Å². The van der Waals surface area contributed by atoms with E-state index in [0.717, 1.165) is 11.1 Å². The minimum atomic E-state index is -0.334. The zero-order chi connectivity index (χ0) is 17.6. The van der Waals surface area contributed by atoms with Gasteiger partial charge in [-0.25, -0.2) is 4.39 Å². The third kappa shape index (κ3) is 4.73. The molecule has 1 N–H and O–H groups in total. The van der Waals surface area contributed by atoms with E-state index >= 15 is 0 Å². The van der Waals surface area contributed by atoms with Crippen molar-refractivity contribution in [3.63, 3.8) is 0 Å². The monoisotopic (exact) mass is 339 g/mol. The van der Waals surface area contributed by atoms with Gasteiger partial charge in [-0.15, -0.1) is 0 Å². The molecule has 5 nitrogen and oxygen atoms in total. The minimum absolute atomic E-state index is 0.134. The number of amides is 1. The van der Waals surface area contributed by atoms with Gasteiger partial charge < -0.3 is 9.84 Å². The molecular formula is C19H18FN3O2. The molecule has 0 aliphatic heterocycles. The quantitative estimate of drug-likeness (QED) is 0.733. The molecular weight excluding hydrogens is 321 g/mol. The van der Waals surface area contributed by atoms with Gasteiger partial charge in [0.15, 0.2) is 0 Å². The number of nitrogens with one attached hydrogen (secondary N) is 1. The third-order valence-corrected chi connectivity index (χ3v) is 3.67. The van der Waals surface area contributed by atoms with Crippen molar-refractivity contribution in [3.05, 3.63) is 65.8 Å². The molecule has 128 valence electrons. The van der Waals surface area contributed by atoms with Crippen molar-refractivity contribution in [2.24, 2.45) is 0 Å². The molecule has 0 fully saturated rings. The Labute approximate surface area is 144 Å². The van der Waals surface area contributed by atoms with Crippen molar-refractivity contribution >= 4 is 11.6 Å². The Morgan fingerprint density at radius 2 is 2.00 bits per heavy atom. The molecule has 0 saturated heterocycles. The number of carbonyl (C=O) groups is 1. The van der Waals surface area contributed by atoms with Gasteiger partial charge in [-0.2, -0.15) is 4.98 Å². The maximum atomic E-state index is 12.8. The van der Waals surface area contributed by atoms with E-state index in [4.69, 9.17) is 4.52 Å². The van der Waals surface area contributed by atoms with Crippen LogP contribution in [0.4, 0.5) is 10.1 Å². The lowest BCUT2D eigenvalue weighted by atomic mass is 10.1. The molecule has 3 rings (SSSR count). The standard InChI is InChI=1S/C19H18FN3O2/c1-13-4-2-5-14(12-13)19-22-18(25-23-19)7-3-6-17(24)21-16-10-8-15(20)9-11-16/h2,4-5,8-12H,3,6-7H2,1H3,(H,21,24). The molecule has 0 radical (unpaired) electrons. The van der Waals surface area contributed by atoms with Crippen LogP contribution in [0.5, 0.6) is 0 Å². The van der Waals surface area contributed by atoms with Crippen LogP contribution in [-0.2, 0) is 11.2 Å². The summed E-state index contributed by atoms with van der Waals surface area (Å²) in [6.07, 6.45) is 1.43. The molecule has 2 aromatic carbocycles. The summed E-state index contributed by atoms with van der Waals surface area (Å²) in [6, 6.07) is 13.5. The Hall–Kier alpha value is -3.02. The average Bonchev–Trinajstić information content (AvgIpc) is 3.06. The van der Waals surface area contributed by atoms with E-state index < -0.39 is 0 Å². The first-order valence-corrected chi connectivity index (χ1v) is 8.05. The van der Waals surface area contributed by atoms with E-state index in [1.165, 1.54) is 24.3 Å². The number of hydrogen-bond donors (Lipinski definition) is 1. The second kappa shape index (κ2) is 7.70. The highest BCUT2D eigenvalue weighted by molar-refractivity contribution is 5.90. The summed E-state index contributed by atoms with van der Waals surface area (Å²) in [5.74, 6) is 0.587. The number of hydrogen-bond acceptors (Lipinski definition) is 4. The maximum Gasteiger partial charge on any atom is 0.226 e. The summed E-state index contributed by atoms with van der Waals surface area (Å²) in [4.78, 5) is 16.2. The Morgan fingerprint density at radius 1 is 1.20 bits per heavy atom. The zero-order valence-electron chi connectivity index (χ0n) is 13.8. The van der Waals surface area contributed by atoms with E-state index in [2.05, 4.69) is 15.5 Å². The van der Waals surface area contributed by atoms with Crippen molar-refractivity contribution in [1.82, 2.24) is 10.1 Å². The normalized spacial score (nSPS) is 10.6. The lowest BCUT2D eigenvalue weighted by Gasteiger charge is -2.04. The lowest BCUT2D eigenvalue weighted by Crippen LogP contribution is -2.11. The van der Waals surface area contributed by atoms with Gasteiger partial charge in [0.05, 0.1) is 0 Å². The van der Waals surface area contributed by atoms with Crippen LogP contribution in [0.3, 0.4) is 0 Å². The van der Waals surface area contributed by atoms with Gasteiger partial charge in [-0.1, -0.05) is 28.9 Å². The second-order valence-electron chi connectivity index (χ2n) is 5.79. The lowest BCUT2D eigenvalue weighted by molar-refractivity contribution is -0.116. The number of nitrogens with zero attached hydrogens (tertiary/aromatic N) is 2. The van der Waals surface area contributed by atoms with Gasteiger partial charge in [-0.05, 0) is 43.7 Å². The van der Waals surface area contributed by atoms with E-state index in [1.54, 1.807) is 0 Å². The Balaban J connectivity index is 1.49. The first kappa shape index (κ1) is 16.8. The summed E-state index contributed by atoms with van der Waals surface area (Å²) in [5, 5.41) is 6.70. The van der Waals surface area contributed by atoms with Gasteiger partial charge in [0.1, 0.15) is 5.82 Å². The van der Waals surface area contributed by atoms with Crippen molar-refractivity contribution < 1.29 is 13.7 Å². The Bertz CT molecular complexity index is 859. The zero-order valence-corrected chi connectivity index (χ0v) is 13.8. The molecule has 0 spiro atoms. The molecule has 0 saturated carbocycles. The van der Waals surface area contributed by atoms with E-state index in [-0.39, 0.29) is 11.7 Å². The number of benzene rings is 2. The van der Waals surface area contributed by atoms with Crippen LogP contribution < -0.4 is 5.32 Å². The summed E-state index contributed by atoms with van der Waals surface area (Å²) >= 11 is 0. The van der Waals surface area contributed by atoms with Crippen LogP contribution >= 0.6 is 0 Å². The number of carbonyl (C=O) groups excluding carboxylic acids is 1. The van der Waals surface area contributed by atoms with Gasteiger partial charge >= 0.3 is 0 Å². The molecule has 0 aliphatic rings. The highest BCUT2D eigenvalue weighted by Crippen LogP contribution is 2.17. The Morgan fingerprint density at radius 3 is 2.76 bits per heavy atom. The van der Waals surface area contributed by atoms with Crippen molar-refractivity contribution in [3.8, 4) is 11.4 Å². The molecule has 1 aromatic heterocycles. The van der Waals surface area contributed by atoms with Gasteiger partial charge in [-0.3, -0.25) is 4.79 Å². The van der Waals surface area contributed by atoms with Gasteiger partial charge in [0.25, 0.3) is 0 Å². The number of aromatic nitrogens is 2. The molecule has 0 atom stereocenters. The summed E-state index contributed by atoms with van der Waals surface area (Å²) in [7, 11) is 0. The topological polar surface area (TPSA) is 68.0 Å². The largest absolute Gasteiger partial charge is 0.339 e. The predicted octanol–water partition coefficient (Wildman–Crippen LogP) is 4.15. The molecule has 1 heterocycles. The highest BCUT2D eigenvalue weighted by Gasteiger charge is 2.10. The summed E-state index contributed by atoms with van der Waals surface area (Å²) in [6.45, 7) is 2.00. The highest BCUT2D eigenvalue weighted by atomic mass is 19.1. The number of anilines is 1. The maximum absolute atomic E-state index is 12.8. The van der Waals surface area contributed by atoms with E-state index in [0.29, 0.717) is 36.7 Å². The second-order valence-corrected chi connectivity index (χ2v) is 5.79. The Kier molecular flexibility index (Phi) is 5.18. The average molecular weight is 339 g/mol. The van der Waals surface area contributed by atoms with Crippen LogP contribution in [0.1, 0.15) is 24.3 Å². The molecule has 0 bridgehead atoms. The van der Waals surface area contributed by atoms with Crippen LogP contribution in [-0.4, -0.2) is 16.0 Å². The van der Waals surface area contributed by atoms with Crippen molar-refractivity contribution in [2.45, 2.75) is 26.2 Å². The summed E-state index contributed by atoms with van der Waals surface area (Å²) in [5.41, 5.74) is 2.61. The number of halogens is 1. The fourth-order valence-corrected chi connectivity index (χ4v) is 2.41. The van der Waals surface area contributed by atoms with Gasteiger partial charge in [0, 0.05) is 24.1 Å². The van der Waals surface area contributed by atoms with Crippen LogP contribution in [0.25, 0.3) is 11.4 Å². The fraction of sp³-hybridized carbons (Fsp3) is 0.211. The van der Waals surface area contributed by atoms with E-state index in [1.807, 2.05) is 31.2 Å². The summed E-state index contributed by atoms with van der Waals surface area (Å²) < 4.78 is 18.1. The minimum Gasteiger partial charge on any atom is -0.339 e.